The summed E-state index contributed by atoms with van der Waals surface area (Å²) in [6, 6.07) is 5.79. The van der Waals surface area contributed by atoms with E-state index in [0.29, 0.717) is 24.8 Å². The Morgan fingerprint density at radius 3 is 2.88 bits per heavy atom. The quantitative estimate of drug-likeness (QED) is 0.813. The molecule has 0 aliphatic carbocycles. The Morgan fingerprint density at radius 2 is 2.24 bits per heavy atom. The monoisotopic (exact) mass is 253 g/mol. The van der Waals surface area contributed by atoms with Crippen LogP contribution in [-0.4, -0.2) is 31.6 Å². The molecule has 0 spiro atoms. The van der Waals surface area contributed by atoms with Crippen molar-refractivity contribution in [2.24, 2.45) is 0 Å². The van der Waals surface area contributed by atoms with E-state index in [1.54, 1.807) is 0 Å². The number of nitrogens with one attached hydrogen (secondary N) is 1. The van der Waals surface area contributed by atoms with Gasteiger partial charge in [-0.3, -0.25) is 4.79 Å². The average molecular weight is 254 g/mol. The maximum atomic E-state index is 11.3. The molecule has 5 heteroatoms. The lowest BCUT2D eigenvalue weighted by atomic mass is 9.80. The van der Waals surface area contributed by atoms with E-state index in [0.717, 1.165) is 11.3 Å². The highest BCUT2D eigenvalue weighted by Crippen LogP contribution is 2.38. The van der Waals surface area contributed by atoms with Gasteiger partial charge in [-0.05, 0) is 17.7 Å². The molecule has 1 fully saturated rings. The van der Waals surface area contributed by atoms with Crippen molar-refractivity contribution in [2.45, 2.75) is 5.41 Å². The molecule has 1 aromatic carbocycles. The zero-order valence-electron chi connectivity index (χ0n) is 9.16. The number of hydrogen-bond acceptors (Lipinski definition) is 3. The van der Waals surface area contributed by atoms with Crippen LogP contribution in [0.25, 0.3) is 0 Å². The number of fused-ring (bicyclic) bond motifs is 1. The molecule has 1 aromatic rings. The van der Waals surface area contributed by atoms with Crippen molar-refractivity contribution < 1.29 is 14.3 Å². The van der Waals surface area contributed by atoms with E-state index in [1.807, 2.05) is 18.2 Å². The minimum absolute atomic E-state index is 0.0795. The first kappa shape index (κ1) is 10.9. The summed E-state index contributed by atoms with van der Waals surface area (Å²) in [7, 11) is 0. The summed E-state index contributed by atoms with van der Waals surface area (Å²) in [4.78, 5) is 11.3. The van der Waals surface area contributed by atoms with E-state index in [9.17, 15) is 4.79 Å². The van der Waals surface area contributed by atoms with Gasteiger partial charge in [0, 0.05) is 5.88 Å². The molecule has 1 saturated heterocycles. The number of carbonyl (C=O) groups excluding carboxylic acids is 1. The van der Waals surface area contributed by atoms with Crippen LogP contribution in [0.1, 0.15) is 5.56 Å². The standard InChI is InChI=1S/C12H12ClNO3/c13-5-12(6-16-7-12)8-1-2-10-9(3-8)14-11(15)4-17-10/h1-3H,4-7H2,(H,14,15). The highest BCUT2D eigenvalue weighted by atomic mass is 35.5. The van der Waals surface area contributed by atoms with Gasteiger partial charge in [0.15, 0.2) is 6.61 Å². The lowest BCUT2D eigenvalue weighted by Crippen LogP contribution is -2.48. The molecule has 90 valence electrons. The number of alkyl halides is 1. The second-order valence-electron chi connectivity index (χ2n) is 4.45. The van der Waals surface area contributed by atoms with Gasteiger partial charge >= 0.3 is 0 Å². The van der Waals surface area contributed by atoms with E-state index < -0.39 is 0 Å². The number of ether oxygens (including phenoxy) is 2. The molecular weight excluding hydrogens is 242 g/mol. The Hall–Kier alpha value is -1.26. The van der Waals surface area contributed by atoms with E-state index in [2.05, 4.69) is 5.32 Å². The fourth-order valence-electron chi connectivity index (χ4n) is 2.08. The van der Waals surface area contributed by atoms with Crippen LogP contribution < -0.4 is 10.1 Å². The largest absolute Gasteiger partial charge is 0.482 e. The Balaban J connectivity index is 1.97. The van der Waals surface area contributed by atoms with Crippen LogP contribution in [0.2, 0.25) is 0 Å². The molecule has 0 atom stereocenters. The summed E-state index contributed by atoms with van der Waals surface area (Å²) in [5.41, 5.74) is 1.69. The summed E-state index contributed by atoms with van der Waals surface area (Å²) in [5, 5.41) is 2.80. The van der Waals surface area contributed by atoms with Crippen LogP contribution >= 0.6 is 11.6 Å². The molecule has 17 heavy (non-hydrogen) atoms. The maximum absolute atomic E-state index is 11.3. The molecular formula is C12H12ClNO3. The molecule has 2 heterocycles. The minimum atomic E-state index is -0.126. The second-order valence-corrected chi connectivity index (χ2v) is 4.72. The summed E-state index contributed by atoms with van der Waals surface area (Å²) in [5.74, 6) is 1.10. The summed E-state index contributed by atoms with van der Waals surface area (Å²) in [6.07, 6.45) is 0. The van der Waals surface area contributed by atoms with Gasteiger partial charge < -0.3 is 14.8 Å². The van der Waals surface area contributed by atoms with Crippen molar-refractivity contribution in [1.82, 2.24) is 0 Å². The molecule has 0 aromatic heterocycles. The van der Waals surface area contributed by atoms with E-state index in [-0.39, 0.29) is 17.9 Å². The fraction of sp³-hybridized carbons (Fsp3) is 0.417. The lowest BCUT2D eigenvalue weighted by molar-refractivity contribution is -0.118. The molecule has 0 bridgehead atoms. The van der Waals surface area contributed by atoms with Gasteiger partial charge in [-0.1, -0.05) is 6.07 Å². The Labute approximate surface area is 104 Å². The first-order valence-corrected chi connectivity index (χ1v) is 5.98. The zero-order chi connectivity index (χ0) is 11.9. The van der Waals surface area contributed by atoms with E-state index in [4.69, 9.17) is 21.1 Å². The highest BCUT2D eigenvalue weighted by molar-refractivity contribution is 6.18. The van der Waals surface area contributed by atoms with Gasteiger partial charge in [0.05, 0.1) is 24.3 Å². The van der Waals surface area contributed by atoms with E-state index >= 15 is 0 Å². The molecule has 4 nitrogen and oxygen atoms in total. The van der Waals surface area contributed by atoms with Crippen LogP contribution in [-0.2, 0) is 14.9 Å². The molecule has 1 amide bonds. The normalized spacial score (nSPS) is 20.9. The van der Waals surface area contributed by atoms with Gasteiger partial charge in [-0.15, -0.1) is 11.6 Å². The van der Waals surface area contributed by atoms with Crippen molar-refractivity contribution in [3.63, 3.8) is 0 Å². The van der Waals surface area contributed by atoms with Crippen molar-refractivity contribution in [3.8, 4) is 5.75 Å². The van der Waals surface area contributed by atoms with Crippen LogP contribution in [0.15, 0.2) is 18.2 Å². The Morgan fingerprint density at radius 1 is 1.41 bits per heavy atom. The van der Waals surface area contributed by atoms with Gasteiger partial charge in [0.2, 0.25) is 0 Å². The zero-order valence-corrected chi connectivity index (χ0v) is 9.92. The smallest absolute Gasteiger partial charge is 0.262 e. The van der Waals surface area contributed by atoms with E-state index in [1.165, 1.54) is 0 Å². The molecule has 2 aliphatic rings. The molecule has 1 N–H and O–H groups in total. The van der Waals surface area contributed by atoms with Crippen LogP contribution in [0, 0.1) is 0 Å². The molecule has 3 rings (SSSR count). The van der Waals surface area contributed by atoms with Gasteiger partial charge in [-0.2, -0.15) is 0 Å². The lowest BCUT2D eigenvalue weighted by Gasteiger charge is -2.40. The third kappa shape index (κ3) is 1.68. The van der Waals surface area contributed by atoms with Gasteiger partial charge in [0.25, 0.3) is 5.91 Å². The SMILES string of the molecule is O=C1COc2ccc(C3(CCl)COC3)cc2N1. The van der Waals surface area contributed by atoms with Gasteiger partial charge in [-0.25, -0.2) is 0 Å². The number of rotatable bonds is 2. The number of carbonyl (C=O) groups is 1. The summed E-state index contributed by atoms with van der Waals surface area (Å²) in [6.45, 7) is 1.34. The predicted octanol–water partition coefficient (Wildman–Crippen LogP) is 1.52. The molecule has 0 saturated carbocycles. The first-order valence-electron chi connectivity index (χ1n) is 5.44. The van der Waals surface area contributed by atoms with Crippen LogP contribution in [0.5, 0.6) is 5.75 Å². The average Bonchev–Trinajstić information content (AvgIpc) is 2.28. The minimum Gasteiger partial charge on any atom is -0.482 e. The van der Waals surface area contributed by atoms with Crippen LogP contribution in [0.4, 0.5) is 5.69 Å². The van der Waals surface area contributed by atoms with Crippen molar-refractivity contribution in [2.75, 3.05) is 31.0 Å². The highest BCUT2D eigenvalue weighted by Gasteiger charge is 2.40. The third-order valence-electron chi connectivity index (χ3n) is 3.24. The number of hydrogen-bond donors (Lipinski definition) is 1. The molecule has 2 aliphatic heterocycles. The third-order valence-corrected chi connectivity index (χ3v) is 3.75. The molecule has 0 unspecified atom stereocenters. The number of anilines is 1. The number of benzene rings is 1. The Bertz CT molecular complexity index is 465. The Kier molecular flexibility index (Phi) is 2.49. The van der Waals surface area contributed by atoms with Crippen molar-refractivity contribution >= 4 is 23.2 Å². The van der Waals surface area contributed by atoms with Crippen molar-refractivity contribution in [3.05, 3.63) is 23.8 Å². The van der Waals surface area contributed by atoms with Crippen molar-refractivity contribution in [1.29, 1.82) is 0 Å². The summed E-state index contributed by atoms with van der Waals surface area (Å²) >= 11 is 6.01. The van der Waals surface area contributed by atoms with Crippen LogP contribution in [0.3, 0.4) is 0 Å². The maximum Gasteiger partial charge on any atom is 0.262 e. The fourth-order valence-corrected chi connectivity index (χ4v) is 2.39. The molecule has 0 radical (unpaired) electrons. The first-order chi connectivity index (χ1) is 8.23. The predicted molar refractivity (Wildman–Crippen MR) is 63.8 cm³/mol. The second kappa shape index (κ2) is 3.89. The topological polar surface area (TPSA) is 47.6 Å². The summed E-state index contributed by atoms with van der Waals surface area (Å²) < 4.78 is 10.6. The number of amides is 1. The number of halogens is 1. The van der Waals surface area contributed by atoms with Gasteiger partial charge in [0.1, 0.15) is 5.75 Å².